The molecule has 0 radical (unpaired) electrons. The number of hydrogen-bond acceptors (Lipinski definition) is 4. The van der Waals surface area contributed by atoms with Crippen LogP contribution in [-0.4, -0.2) is 32.1 Å². The lowest BCUT2D eigenvalue weighted by Crippen LogP contribution is -2.37. The van der Waals surface area contributed by atoms with E-state index in [1.54, 1.807) is 24.4 Å². The molecule has 0 spiro atoms. The van der Waals surface area contributed by atoms with Crippen molar-refractivity contribution in [3.05, 3.63) is 77.8 Å². The quantitative estimate of drug-likeness (QED) is 0.551. The van der Waals surface area contributed by atoms with Gasteiger partial charge in [0.1, 0.15) is 17.6 Å². The summed E-state index contributed by atoms with van der Waals surface area (Å²) in [5, 5.41) is 13.8. The van der Waals surface area contributed by atoms with Gasteiger partial charge in [0.05, 0.1) is 17.3 Å². The van der Waals surface area contributed by atoms with Gasteiger partial charge >= 0.3 is 5.97 Å². The highest BCUT2D eigenvalue weighted by Crippen LogP contribution is 2.44. The van der Waals surface area contributed by atoms with Crippen molar-refractivity contribution in [1.29, 1.82) is 0 Å². The van der Waals surface area contributed by atoms with Crippen LogP contribution in [0, 0.1) is 0 Å². The lowest BCUT2D eigenvalue weighted by atomic mass is 10.0. The number of carboxylic acid groups (broad SMARTS) is 1. The van der Waals surface area contributed by atoms with E-state index in [1.807, 2.05) is 36.4 Å². The summed E-state index contributed by atoms with van der Waals surface area (Å²) in [7, 11) is 0. The molecule has 2 fully saturated rings. The first-order valence-electron chi connectivity index (χ1n) is 10.6. The molecule has 0 bridgehead atoms. The number of hydrogen-bond donors (Lipinski definition) is 2. The van der Waals surface area contributed by atoms with Gasteiger partial charge in [0.15, 0.2) is 5.11 Å². The van der Waals surface area contributed by atoms with Gasteiger partial charge in [-0.25, -0.2) is 4.79 Å². The molecule has 1 saturated carbocycles. The molecule has 1 saturated heterocycles. The van der Waals surface area contributed by atoms with Crippen LogP contribution < -0.4 is 5.32 Å². The van der Waals surface area contributed by atoms with E-state index in [-0.39, 0.29) is 17.6 Å². The Hall–Kier alpha value is -3.19. The zero-order valence-corrected chi connectivity index (χ0v) is 17.7. The van der Waals surface area contributed by atoms with E-state index < -0.39 is 5.97 Å². The summed E-state index contributed by atoms with van der Waals surface area (Å²) in [6, 6.07) is 16.6. The lowest BCUT2D eigenvalue weighted by molar-refractivity contribution is 0.0697. The third-order valence-corrected chi connectivity index (χ3v) is 6.52. The zero-order valence-electron chi connectivity index (χ0n) is 16.9. The molecule has 1 aromatic carbocycles. The van der Waals surface area contributed by atoms with E-state index in [1.165, 1.54) is 12.8 Å². The van der Waals surface area contributed by atoms with Crippen LogP contribution in [0.3, 0.4) is 0 Å². The number of thiocarbonyl (C=S) groups is 1. The third kappa shape index (κ3) is 3.59. The molecule has 3 aromatic rings. The van der Waals surface area contributed by atoms with Crippen molar-refractivity contribution >= 4 is 23.3 Å². The number of benzene rings is 1. The van der Waals surface area contributed by atoms with Gasteiger partial charge in [-0.2, -0.15) is 0 Å². The standard InChI is InChI=1S/C24H23N3O3S/c28-23(29)17-10-4-3-9-16(17)19-12-13-20(30-19)22-21(18-11-5-6-14-25-18)26-24(31)27(22)15-7-1-2-8-15/h3-6,9-15,21-22H,1-2,7-8H2,(H,26,31)(H,28,29). The molecule has 2 aliphatic rings. The minimum Gasteiger partial charge on any atom is -0.478 e. The summed E-state index contributed by atoms with van der Waals surface area (Å²) in [5.41, 5.74) is 1.69. The number of aromatic carboxylic acids is 1. The Kier molecular flexibility index (Phi) is 5.19. The first-order chi connectivity index (χ1) is 15.1. The van der Waals surface area contributed by atoms with Crippen molar-refractivity contribution in [2.24, 2.45) is 0 Å². The van der Waals surface area contributed by atoms with E-state index in [2.05, 4.69) is 15.2 Å². The number of carbonyl (C=O) groups is 1. The maximum absolute atomic E-state index is 11.7. The van der Waals surface area contributed by atoms with E-state index in [0.29, 0.717) is 17.4 Å². The SMILES string of the molecule is O=C(O)c1ccccc1-c1ccc(C2C(c3ccccn3)NC(=S)N2C2CCCC2)o1. The van der Waals surface area contributed by atoms with Crippen LogP contribution in [-0.2, 0) is 0 Å². The number of nitrogens with zero attached hydrogens (tertiary/aromatic N) is 2. The molecule has 1 aliphatic carbocycles. The van der Waals surface area contributed by atoms with Crippen LogP contribution in [0.5, 0.6) is 0 Å². The Morgan fingerprint density at radius 3 is 2.61 bits per heavy atom. The highest BCUT2D eigenvalue weighted by Gasteiger charge is 2.45. The molecule has 158 valence electrons. The molecule has 0 amide bonds. The fourth-order valence-corrected chi connectivity index (χ4v) is 5.18. The molecule has 1 aliphatic heterocycles. The fourth-order valence-electron chi connectivity index (χ4n) is 4.79. The molecule has 2 N–H and O–H groups in total. The van der Waals surface area contributed by atoms with E-state index in [9.17, 15) is 9.90 Å². The smallest absolute Gasteiger partial charge is 0.336 e. The Morgan fingerprint density at radius 1 is 1.10 bits per heavy atom. The summed E-state index contributed by atoms with van der Waals surface area (Å²) in [6.45, 7) is 0. The van der Waals surface area contributed by atoms with E-state index in [4.69, 9.17) is 16.6 Å². The van der Waals surface area contributed by atoms with E-state index >= 15 is 0 Å². The van der Waals surface area contributed by atoms with Crippen molar-refractivity contribution < 1.29 is 14.3 Å². The van der Waals surface area contributed by atoms with Crippen molar-refractivity contribution in [2.75, 3.05) is 0 Å². The van der Waals surface area contributed by atoms with Crippen LogP contribution in [0.2, 0.25) is 0 Å². The minimum absolute atomic E-state index is 0.136. The van der Waals surface area contributed by atoms with Crippen molar-refractivity contribution in [2.45, 2.75) is 43.8 Å². The van der Waals surface area contributed by atoms with Gasteiger partial charge in [0.2, 0.25) is 0 Å². The lowest BCUT2D eigenvalue weighted by Gasteiger charge is -2.31. The molecule has 2 unspecified atom stereocenters. The number of furan rings is 1. The van der Waals surface area contributed by atoms with Crippen LogP contribution in [0.25, 0.3) is 11.3 Å². The third-order valence-electron chi connectivity index (χ3n) is 6.19. The first-order valence-corrected chi connectivity index (χ1v) is 11.0. The highest BCUT2D eigenvalue weighted by atomic mass is 32.1. The van der Waals surface area contributed by atoms with Crippen molar-refractivity contribution in [1.82, 2.24) is 15.2 Å². The van der Waals surface area contributed by atoms with Gasteiger partial charge in [-0.1, -0.05) is 37.1 Å². The normalized spacial score (nSPS) is 21.4. The first kappa shape index (κ1) is 19.8. The van der Waals surface area contributed by atoms with Gasteiger partial charge in [-0.15, -0.1) is 0 Å². The molecule has 2 atom stereocenters. The van der Waals surface area contributed by atoms with E-state index in [0.717, 1.165) is 29.4 Å². The topological polar surface area (TPSA) is 78.6 Å². The average Bonchev–Trinajstić information content (AvgIpc) is 3.54. The predicted molar refractivity (Wildman–Crippen MR) is 121 cm³/mol. The van der Waals surface area contributed by atoms with Gasteiger partial charge < -0.3 is 19.7 Å². The van der Waals surface area contributed by atoms with Crippen molar-refractivity contribution in [3.8, 4) is 11.3 Å². The second-order valence-corrected chi connectivity index (χ2v) is 8.41. The van der Waals surface area contributed by atoms with Crippen LogP contribution in [0.4, 0.5) is 0 Å². The molecule has 6 nitrogen and oxygen atoms in total. The average molecular weight is 434 g/mol. The van der Waals surface area contributed by atoms with Gasteiger partial charge in [-0.3, -0.25) is 4.98 Å². The van der Waals surface area contributed by atoms with Gasteiger partial charge in [-0.05, 0) is 55.4 Å². The highest BCUT2D eigenvalue weighted by molar-refractivity contribution is 7.80. The number of pyridine rings is 1. The second-order valence-electron chi connectivity index (χ2n) is 8.02. The molecule has 7 heteroatoms. The largest absolute Gasteiger partial charge is 0.478 e. The summed E-state index contributed by atoms with van der Waals surface area (Å²) in [6.07, 6.45) is 6.37. The minimum atomic E-state index is -0.976. The van der Waals surface area contributed by atoms with Crippen molar-refractivity contribution in [3.63, 3.8) is 0 Å². The predicted octanol–water partition coefficient (Wildman–Crippen LogP) is 4.95. The number of carboxylic acids is 1. The van der Waals surface area contributed by atoms with Crippen LogP contribution in [0.15, 0.2) is 65.2 Å². The molecular formula is C24H23N3O3S. The number of aromatic nitrogens is 1. The Labute approximate surface area is 185 Å². The molecule has 2 aromatic heterocycles. The molecule has 5 rings (SSSR count). The maximum Gasteiger partial charge on any atom is 0.336 e. The fraction of sp³-hybridized carbons (Fsp3) is 0.292. The Balaban J connectivity index is 1.57. The Bertz CT molecular complexity index is 1110. The van der Waals surface area contributed by atoms with Gasteiger partial charge in [0, 0.05) is 17.8 Å². The number of rotatable bonds is 5. The van der Waals surface area contributed by atoms with Gasteiger partial charge in [0.25, 0.3) is 0 Å². The second kappa shape index (κ2) is 8.15. The maximum atomic E-state index is 11.7. The summed E-state index contributed by atoms with van der Waals surface area (Å²) < 4.78 is 6.30. The summed E-state index contributed by atoms with van der Waals surface area (Å²) in [4.78, 5) is 18.5. The summed E-state index contributed by atoms with van der Waals surface area (Å²) >= 11 is 5.75. The number of nitrogens with one attached hydrogen (secondary N) is 1. The molecule has 31 heavy (non-hydrogen) atoms. The van der Waals surface area contributed by atoms with Crippen LogP contribution in [0.1, 0.15) is 59.6 Å². The molecule has 3 heterocycles. The molecular weight excluding hydrogens is 410 g/mol. The zero-order chi connectivity index (χ0) is 21.4. The monoisotopic (exact) mass is 433 g/mol. The summed E-state index contributed by atoms with van der Waals surface area (Å²) in [5.74, 6) is 0.318. The Morgan fingerprint density at radius 2 is 1.87 bits per heavy atom. The van der Waals surface area contributed by atoms with Crippen LogP contribution >= 0.6 is 12.2 Å².